The molecule has 31 heavy (non-hydrogen) atoms. The maximum atomic E-state index is 13.6. The van der Waals surface area contributed by atoms with Crippen LogP contribution in [0.2, 0.25) is 0 Å². The third-order valence-corrected chi connectivity index (χ3v) is 5.45. The topological polar surface area (TPSA) is 89.1 Å². The van der Waals surface area contributed by atoms with E-state index >= 15 is 0 Å². The lowest BCUT2D eigenvalue weighted by Gasteiger charge is -2.29. The van der Waals surface area contributed by atoms with Gasteiger partial charge in [0.25, 0.3) is 0 Å². The lowest BCUT2D eigenvalue weighted by Crippen LogP contribution is -2.27. The molecule has 0 saturated carbocycles. The fourth-order valence-electron chi connectivity index (χ4n) is 4.06. The Hall–Kier alpha value is -3.67. The van der Waals surface area contributed by atoms with Gasteiger partial charge in [-0.3, -0.25) is 4.79 Å². The van der Waals surface area contributed by atoms with Crippen LogP contribution < -0.4 is 14.9 Å². The smallest absolute Gasteiger partial charge is 0.204 e. The van der Waals surface area contributed by atoms with Crippen LogP contribution in [0.5, 0.6) is 23.0 Å². The summed E-state index contributed by atoms with van der Waals surface area (Å²) in [4.78, 5) is 13.6. The first-order valence-corrected chi connectivity index (χ1v) is 10.0. The quantitative estimate of drug-likeness (QED) is 0.511. The van der Waals surface area contributed by atoms with Gasteiger partial charge in [-0.25, -0.2) is 0 Å². The van der Waals surface area contributed by atoms with Crippen molar-refractivity contribution in [1.82, 2.24) is 0 Å². The highest BCUT2D eigenvalue weighted by Crippen LogP contribution is 2.47. The fraction of sp³-hybridized carbons (Fsp3) is 0.240. The summed E-state index contributed by atoms with van der Waals surface area (Å²) in [7, 11) is 0. The van der Waals surface area contributed by atoms with Crippen LogP contribution >= 0.6 is 0 Å². The molecule has 0 bridgehead atoms. The number of benzene rings is 2. The van der Waals surface area contributed by atoms with Crippen LogP contribution in [0.15, 0.2) is 51.2 Å². The monoisotopic (exact) mass is 418 g/mol. The van der Waals surface area contributed by atoms with Crippen LogP contribution in [-0.2, 0) is 0 Å². The number of aromatic hydroxyl groups is 2. The number of ether oxygens (including phenoxy) is 2. The molecule has 2 N–H and O–H groups in total. The molecule has 1 atom stereocenters. The van der Waals surface area contributed by atoms with E-state index in [-0.39, 0.29) is 27.9 Å². The van der Waals surface area contributed by atoms with Crippen molar-refractivity contribution in [3.8, 4) is 34.3 Å². The van der Waals surface area contributed by atoms with Crippen molar-refractivity contribution in [3.63, 3.8) is 0 Å². The molecule has 0 amide bonds. The van der Waals surface area contributed by atoms with Crippen LogP contribution in [0.1, 0.15) is 44.9 Å². The van der Waals surface area contributed by atoms with Crippen LogP contribution in [0.3, 0.4) is 0 Å². The summed E-state index contributed by atoms with van der Waals surface area (Å²) in [6.07, 6.45) is 4.69. The molecule has 2 aliphatic heterocycles. The highest BCUT2D eigenvalue weighted by atomic mass is 16.5. The van der Waals surface area contributed by atoms with Gasteiger partial charge in [-0.1, -0.05) is 5.57 Å². The zero-order valence-corrected chi connectivity index (χ0v) is 17.6. The number of phenols is 2. The average Bonchev–Trinajstić information content (AvgIpc) is 2.66. The van der Waals surface area contributed by atoms with Crippen LogP contribution in [0.4, 0.5) is 0 Å². The van der Waals surface area contributed by atoms with Crippen molar-refractivity contribution in [2.24, 2.45) is 0 Å². The predicted molar refractivity (Wildman–Crippen MR) is 118 cm³/mol. The summed E-state index contributed by atoms with van der Waals surface area (Å²) >= 11 is 0. The van der Waals surface area contributed by atoms with Crippen molar-refractivity contribution >= 4 is 17.0 Å². The maximum Gasteiger partial charge on any atom is 0.204 e. The van der Waals surface area contributed by atoms with Gasteiger partial charge in [-0.15, -0.1) is 0 Å². The summed E-state index contributed by atoms with van der Waals surface area (Å²) in [5.41, 5.74) is 1.58. The molecule has 1 aromatic heterocycles. The maximum absolute atomic E-state index is 13.6. The molecule has 5 rings (SSSR count). The largest absolute Gasteiger partial charge is 0.508 e. The predicted octanol–water partition coefficient (Wildman–Crippen LogP) is 5.46. The molecule has 0 spiro atoms. The van der Waals surface area contributed by atoms with Gasteiger partial charge < -0.3 is 24.1 Å². The van der Waals surface area contributed by atoms with E-state index in [4.69, 9.17) is 13.9 Å². The third-order valence-electron chi connectivity index (χ3n) is 5.45. The van der Waals surface area contributed by atoms with Crippen molar-refractivity contribution in [2.75, 3.05) is 0 Å². The summed E-state index contributed by atoms with van der Waals surface area (Å²) in [6.45, 7) is 7.62. The van der Waals surface area contributed by atoms with E-state index in [1.807, 2.05) is 39.8 Å². The molecule has 2 aromatic carbocycles. The lowest BCUT2D eigenvalue weighted by molar-refractivity contribution is 0.158. The van der Waals surface area contributed by atoms with E-state index in [0.717, 1.165) is 5.57 Å². The molecule has 0 aliphatic carbocycles. The third kappa shape index (κ3) is 2.98. The van der Waals surface area contributed by atoms with Gasteiger partial charge in [0.15, 0.2) is 0 Å². The minimum Gasteiger partial charge on any atom is -0.508 e. The Labute approximate surface area is 178 Å². The number of rotatable bonds is 1. The van der Waals surface area contributed by atoms with E-state index in [9.17, 15) is 15.0 Å². The molecule has 0 radical (unpaired) electrons. The summed E-state index contributed by atoms with van der Waals surface area (Å²) < 4.78 is 18.2. The molecule has 158 valence electrons. The van der Waals surface area contributed by atoms with Gasteiger partial charge in [0.1, 0.15) is 51.4 Å². The van der Waals surface area contributed by atoms with Crippen molar-refractivity contribution < 1.29 is 24.1 Å². The van der Waals surface area contributed by atoms with Crippen LogP contribution in [-0.4, -0.2) is 15.8 Å². The first-order valence-electron chi connectivity index (χ1n) is 10.0. The lowest BCUT2D eigenvalue weighted by atomic mass is 9.94. The van der Waals surface area contributed by atoms with Crippen molar-refractivity contribution in [3.05, 3.63) is 63.3 Å². The van der Waals surface area contributed by atoms with Gasteiger partial charge in [0.2, 0.25) is 5.43 Å². The molecule has 0 fully saturated rings. The van der Waals surface area contributed by atoms with E-state index in [1.54, 1.807) is 18.2 Å². The second-order valence-electron chi connectivity index (χ2n) is 8.69. The van der Waals surface area contributed by atoms with Crippen molar-refractivity contribution in [1.29, 1.82) is 0 Å². The Morgan fingerprint density at radius 1 is 1.13 bits per heavy atom. The Balaban J connectivity index is 1.87. The second kappa shape index (κ2) is 6.41. The molecule has 6 nitrogen and oxygen atoms in total. The molecule has 3 heterocycles. The molecular formula is C25H22O6. The summed E-state index contributed by atoms with van der Waals surface area (Å²) in [6, 6.07) is 6.30. The average molecular weight is 418 g/mol. The van der Waals surface area contributed by atoms with E-state index < -0.39 is 11.7 Å². The molecule has 0 saturated heterocycles. The number of allylic oxidation sites excluding steroid dienone is 1. The van der Waals surface area contributed by atoms with E-state index in [1.165, 1.54) is 12.1 Å². The van der Waals surface area contributed by atoms with Crippen LogP contribution in [0.25, 0.3) is 28.4 Å². The number of hydrogen-bond acceptors (Lipinski definition) is 6. The minimum absolute atomic E-state index is 0.0513. The molecule has 6 heteroatoms. The Kier molecular flexibility index (Phi) is 3.99. The van der Waals surface area contributed by atoms with E-state index in [0.29, 0.717) is 33.9 Å². The number of phenolic OH excluding ortho intramolecular Hbond substituents is 2. The molecular weight excluding hydrogens is 396 g/mol. The Morgan fingerprint density at radius 2 is 1.90 bits per heavy atom. The molecule has 2 aliphatic rings. The normalized spacial score (nSPS) is 17.7. The second-order valence-corrected chi connectivity index (χ2v) is 8.69. The molecule has 0 unspecified atom stereocenters. The number of fused-ring (bicyclic) bond motifs is 5. The van der Waals surface area contributed by atoms with Gasteiger partial charge in [-0.05, 0) is 58.1 Å². The SMILES string of the molecule is CC(C)=C[C@H]1Oc2cc(O)ccc2-c2oc3cc4c(c(O)c3c(=O)c21)C=CC(C)(C)O4. The minimum atomic E-state index is -0.712. The highest BCUT2D eigenvalue weighted by molar-refractivity contribution is 5.93. The standard InChI is InChI=1S/C25H22O6/c1-12(2)9-18-21-23(28)20-19(11-17-14(22(20)27)7-8-25(3,4)31-17)30-24(21)15-6-5-13(26)10-16(15)29-18/h5-11,18,26-27H,1-4H3/t18-/m1/s1. The van der Waals surface area contributed by atoms with E-state index in [2.05, 4.69) is 0 Å². The highest BCUT2D eigenvalue weighted by Gasteiger charge is 2.33. The Morgan fingerprint density at radius 3 is 2.65 bits per heavy atom. The first-order chi connectivity index (χ1) is 14.6. The summed E-state index contributed by atoms with van der Waals surface area (Å²) in [5, 5.41) is 21.0. The summed E-state index contributed by atoms with van der Waals surface area (Å²) in [5.74, 6) is 1.09. The zero-order chi connectivity index (χ0) is 22.1. The van der Waals surface area contributed by atoms with Gasteiger partial charge in [-0.2, -0.15) is 0 Å². The van der Waals surface area contributed by atoms with Crippen LogP contribution in [0, 0.1) is 0 Å². The van der Waals surface area contributed by atoms with Crippen molar-refractivity contribution in [2.45, 2.75) is 39.4 Å². The zero-order valence-electron chi connectivity index (χ0n) is 17.6. The van der Waals surface area contributed by atoms with Gasteiger partial charge >= 0.3 is 0 Å². The number of hydrogen-bond donors (Lipinski definition) is 2. The van der Waals surface area contributed by atoms with Gasteiger partial charge in [0, 0.05) is 12.1 Å². The first kappa shape index (κ1) is 19.3. The molecule has 3 aromatic rings. The Bertz CT molecular complexity index is 1370. The van der Waals surface area contributed by atoms with Gasteiger partial charge in [0.05, 0.1) is 16.7 Å². The fourth-order valence-corrected chi connectivity index (χ4v) is 4.06.